The van der Waals surface area contributed by atoms with Gasteiger partial charge in [0.1, 0.15) is 6.04 Å². The van der Waals surface area contributed by atoms with Crippen molar-refractivity contribution in [2.75, 3.05) is 6.54 Å². The number of aliphatic carboxylic acids is 2. The largest absolute Gasteiger partial charge is 0.480 e. The van der Waals surface area contributed by atoms with Crippen LogP contribution in [0.25, 0.3) is 0 Å². The molecule has 0 fully saturated rings. The molecule has 14 heavy (non-hydrogen) atoms. The van der Waals surface area contributed by atoms with E-state index in [4.69, 9.17) is 15.9 Å². The lowest BCUT2D eigenvalue weighted by atomic mass is 10.1. The molecular weight excluding hydrogens is 188 g/mol. The predicted octanol–water partition coefficient (Wildman–Crippen LogP) is -0.382. The summed E-state index contributed by atoms with van der Waals surface area (Å²) < 4.78 is 0. The molecule has 0 aromatic heterocycles. The van der Waals surface area contributed by atoms with Crippen molar-refractivity contribution in [1.82, 2.24) is 0 Å². The molecule has 0 bridgehead atoms. The number of carboxylic acids is 2. The number of unbranched alkanes of at least 4 members (excludes halogenated alkanes) is 1. The van der Waals surface area contributed by atoms with Crippen LogP contribution in [0, 0.1) is 0 Å². The molecule has 0 aromatic carbocycles. The van der Waals surface area contributed by atoms with Gasteiger partial charge in [-0.15, -0.1) is 0 Å². The van der Waals surface area contributed by atoms with E-state index in [0.29, 0.717) is 6.42 Å². The van der Waals surface area contributed by atoms with Crippen LogP contribution in [0.4, 0.5) is 0 Å². The van der Waals surface area contributed by atoms with Gasteiger partial charge in [-0.2, -0.15) is 0 Å². The Morgan fingerprint density at radius 3 is 2.00 bits per heavy atom. The highest BCUT2D eigenvalue weighted by molar-refractivity contribution is 5.72. The highest BCUT2D eigenvalue weighted by Crippen LogP contribution is 1.96. The number of carbonyl (C=O) groups is 2. The van der Waals surface area contributed by atoms with E-state index >= 15 is 0 Å². The number of hydrogen-bond acceptors (Lipinski definition) is 4. The average Bonchev–Trinajstić information content (AvgIpc) is 2.14. The molecule has 0 aromatic rings. The van der Waals surface area contributed by atoms with Gasteiger partial charge in [0.15, 0.2) is 0 Å². The van der Waals surface area contributed by atoms with Crippen LogP contribution in [-0.4, -0.2) is 34.7 Å². The summed E-state index contributed by atoms with van der Waals surface area (Å²) in [6.07, 6.45) is 2.49. The summed E-state index contributed by atoms with van der Waals surface area (Å²) >= 11 is 0. The van der Waals surface area contributed by atoms with Crippen molar-refractivity contribution in [3.63, 3.8) is 0 Å². The van der Waals surface area contributed by atoms with Crippen molar-refractivity contribution in [3.8, 4) is 0 Å². The second-order valence-electron chi connectivity index (χ2n) is 2.68. The SMILES string of the molecule is CCCCC(N)C(=O)O.NCC(=O)O. The van der Waals surface area contributed by atoms with Crippen LogP contribution in [0.1, 0.15) is 26.2 Å². The number of carboxylic acid groups (broad SMARTS) is 2. The van der Waals surface area contributed by atoms with Gasteiger partial charge in [0.25, 0.3) is 0 Å². The van der Waals surface area contributed by atoms with E-state index in [-0.39, 0.29) is 6.54 Å². The van der Waals surface area contributed by atoms with E-state index in [1.165, 1.54) is 0 Å². The standard InChI is InChI=1S/C6H13NO2.C2H5NO2/c1-2-3-4-5(7)6(8)9;3-1-2(4)5/h5H,2-4,7H2,1H3,(H,8,9);1,3H2,(H,4,5). The summed E-state index contributed by atoms with van der Waals surface area (Å²) in [6, 6.07) is -0.662. The summed E-state index contributed by atoms with van der Waals surface area (Å²) in [5, 5.41) is 15.9. The Bertz CT molecular complexity index is 173. The van der Waals surface area contributed by atoms with E-state index in [1.54, 1.807) is 0 Å². The fraction of sp³-hybridized carbons (Fsp3) is 0.750. The Morgan fingerprint density at radius 1 is 1.36 bits per heavy atom. The van der Waals surface area contributed by atoms with Crippen LogP contribution < -0.4 is 11.5 Å². The normalized spacial score (nSPS) is 11.1. The Kier molecular flexibility index (Phi) is 10.9. The molecule has 6 nitrogen and oxygen atoms in total. The maximum atomic E-state index is 10.1. The Balaban J connectivity index is 0. The molecular formula is C8H18N2O4. The van der Waals surface area contributed by atoms with Gasteiger partial charge in [-0.3, -0.25) is 9.59 Å². The molecule has 6 heteroatoms. The molecule has 0 radical (unpaired) electrons. The van der Waals surface area contributed by atoms with Crippen molar-refractivity contribution in [2.45, 2.75) is 32.2 Å². The van der Waals surface area contributed by atoms with Crippen LogP contribution >= 0.6 is 0 Å². The molecule has 1 atom stereocenters. The second-order valence-corrected chi connectivity index (χ2v) is 2.68. The number of hydrogen-bond donors (Lipinski definition) is 4. The molecule has 0 saturated heterocycles. The van der Waals surface area contributed by atoms with Crippen LogP contribution in [0.2, 0.25) is 0 Å². The van der Waals surface area contributed by atoms with Gasteiger partial charge in [0.05, 0.1) is 6.54 Å². The maximum absolute atomic E-state index is 10.1. The Hall–Kier alpha value is -1.14. The smallest absolute Gasteiger partial charge is 0.320 e. The molecule has 0 saturated carbocycles. The first-order valence-electron chi connectivity index (χ1n) is 4.35. The summed E-state index contributed by atoms with van der Waals surface area (Å²) in [4.78, 5) is 19.3. The van der Waals surface area contributed by atoms with Crippen molar-refractivity contribution >= 4 is 11.9 Å². The highest BCUT2D eigenvalue weighted by atomic mass is 16.4. The molecule has 1 unspecified atom stereocenters. The summed E-state index contributed by atoms with van der Waals surface area (Å²) in [5.74, 6) is -1.87. The average molecular weight is 206 g/mol. The fourth-order valence-electron chi connectivity index (χ4n) is 0.548. The van der Waals surface area contributed by atoms with E-state index in [9.17, 15) is 9.59 Å². The van der Waals surface area contributed by atoms with E-state index in [2.05, 4.69) is 5.73 Å². The van der Waals surface area contributed by atoms with Crippen LogP contribution in [0.3, 0.4) is 0 Å². The first-order chi connectivity index (χ1) is 6.45. The van der Waals surface area contributed by atoms with Gasteiger partial charge in [-0.05, 0) is 6.42 Å². The minimum absolute atomic E-state index is 0.278. The van der Waals surface area contributed by atoms with Crippen molar-refractivity contribution < 1.29 is 19.8 Å². The van der Waals surface area contributed by atoms with E-state index < -0.39 is 18.0 Å². The predicted molar refractivity (Wildman–Crippen MR) is 51.8 cm³/mol. The summed E-state index contributed by atoms with van der Waals surface area (Å²) in [6.45, 7) is 1.73. The van der Waals surface area contributed by atoms with E-state index in [0.717, 1.165) is 12.8 Å². The van der Waals surface area contributed by atoms with Gasteiger partial charge in [0.2, 0.25) is 0 Å². The Labute approximate surface area is 82.9 Å². The summed E-state index contributed by atoms with van der Waals surface area (Å²) in [5.41, 5.74) is 9.77. The zero-order chi connectivity index (χ0) is 11.6. The molecule has 0 amide bonds. The number of rotatable bonds is 5. The third-order valence-electron chi connectivity index (χ3n) is 1.36. The number of nitrogens with two attached hydrogens (primary N) is 2. The minimum atomic E-state index is -0.968. The van der Waals surface area contributed by atoms with Gasteiger partial charge >= 0.3 is 11.9 Å². The van der Waals surface area contributed by atoms with Crippen LogP contribution in [-0.2, 0) is 9.59 Å². The van der Waals surface area contributed by atoms with Crippen LogP contribution in [0.5, 0.6) is 0 Å². The lowest BCUT2D eigenvalue weighted by molar-refractivity contribution is -0.138. The second kappa shape index (κ2) is 9.94. The van der Waals surface area contributed by atoms with Gasteiger partial charge in [0, 0.05) is 0 Å². The molecule has 0 heterocycles. The van der Waals surface area contributed by atoms with Crippen LogP contribution in [0.15, 0.2) is 0 Å². The molecule has 0 aliphatic rings. The first kappa shape index (κ1) is 15.3. The van der Waals surface area contributed by atoms with Crippen molar-refractivity contribution in [2.24, 2.45) is 11.5 Å². The minimum Gasteiger partial charge on any atom is -0.480 e. The molecule has 84 valence electrons. The van der Waals surface area contributed by atoms with Gasteiger partial charge in [-0.1, -0.05) is 19.8 Å². The zero-order valence-electron chi connectivity index (χ0n) is 8.27. The highest BCUT2D eigenvalue weighted by Gasteiger charge is 2.08. The van der Waals surface area contributed by atoms with E-state index in [1.807, 2.05) is 6.92 Å². The maximum Gasteiger partial charge on any atom is 0.320 e. The molecule has 0 spiro atoms. The first-order valence-corrected chi connectivity index (χ1v) is 4.35. The van der Waals surface area contributed by atoms with Crippen molar-refractivity contribution in [3.05, 3.63) is 0 Å². The topological polar surface area (TPSA) is 127 Å². The molecule has 0 rings (SSSR count). The van der Waals surface area contributed by atoms with Crippen molar-refractivity contribution in [1.29, 1.82) is 0 Å². The lowest BCUT2D eigenvalue weighted by Crippen LogP contribution is -2.29. The third kappa shape index (κ3) is 13.4. The zero-order valence-corrected chi connectivity index (χ0v) is 8.27. The monoisotopic (exact) mass is 206 g/mol. The summed E-state index contributed by atoms with van der Waals surface area (Å²) in [7, 11) is 0. The lowest BCUT2D eigenvalue weighted by Gasteiger charge is -2.02. The quantitative estimate of drug-likeness (QED) is 0.485. The molecule has 6 N–H and O–H groups in total. The molecule has 0 aliphatic carbocycles. The van der Waals surface area contributed by atoms with Gasteiger partial charge in [-0.25, -0.2) is 0 Å². The molecule has 0 aliphatic heterocycles. The Morgan fingerprint density at radius 2 is 1.79 bits per heavy atom. The third-order valence-corrected chi connectivity index (χ3v) is 1.36. The fourth-order valence-corrected chi connectivity index (χ4v) is 0.548. The van der Waals surface area contributed by atoms with Gasteiger partial charge < -0.3 is 21.7 Å².